The van der Waals surface area contributed by atoms with E-state index < -0.39 is 17.3 Å². The number of hydrogen-bond acceptors (Lipinski definition) is 8. The standard InChI is InChI=1S/C26H17ClO8/c1-31-19-6-13(7-20-25(19)34-11-33-20)15-8-21(29)35-18-9-17(28)23-24(30)16(10-32-26(23)22(15)18)12-2-4-14(27)5-3-12/h2-7,9-10,15,28H,8,11H2,1H3. The lowest BCUT2D eigenvalue weighted by Gasteiger charge is -2.26. The third-order valence-corrected chi connectivity index (χ3v) is 6.46. The molecule has 0 amide bonds. The Kier molecular flexibility index (Phi) is 4.86. The minimum Gasteiger partial charge on any atom is -0.507 e. The molecule has 9 heteroatoms. The molecule has 6 rings (SSSR count). The zero-order valence-electron chi connectivity index (χ0n) is 18.3. The summed E-state index contributed by atoms with van der Waals surface area (Å²) in [5, 5.41) is 11.3. The van der Waals surface area contributed by atoms with Crippen LogP contribution in [0.1, 0.15) is 23.5 Å². The van der Waals surface area contributed by atoms with Gasteiger partial charge >= 0.3 is 5.97 Å². The van der Waals surface area contributed by atoms with E-state index >= 15 is 0 Å². The van der Waals surface area contributed by atoms with Crippen molar-refractivity contribution in [3.05, 3.63) is 75.1 Å². The van der Waals surface area contributed by atoms with Gasteiger partial charge < -0.3 is 28.5 Å². The van der Waals surface area contributed by atoms with E-state index in [4.69, 9.17) is 35.0 Å². The van der Waals surface area contributed by atoms with Crippen LogP contribution in [0.2, 0.25) is 5.02 Å². The lowest BCUT2D eigenvalue weighted by Crippen LogP contribution is -2.22. The number of rotatable bonds is 3. The van der Waals surface area contributed by atoms with Gasteiger partial charge in [-0.15, -0.1) is 0 Å². The number of carbonyl (C=O) groups is 1. The highest BCUT2D eigenvalue weighted by atomic mass is 35.5. The molecule has 0 spiro atoms. The van der Waals surface area contributed by atoms with E-state index in [1.165, 1.54) is 19.4 Å². The Morgan fingerprint density at radius 2 is 1.86 bits per heavy atom. The molecule has 0 radical (unpaired) electrons. The normalized spacial score (nSPS) is 16.2. The third kappa shape index (κ3) is 3.37. The fourth-order valence-electron chi connectivity index (χ4n) is 4.60. The highest BCUT2D eigenvalue weighted by molar-refractivity contribution is 6.30. The Morgan fingerprint density at radius 1 is 1.06 bits per heavy atom. The minimum absolute atomic E-state index is 0.00754. The molecule has 2 aliphatic heterocycles. The number of phenols is 1. The quantitative estimate of drug-likeness (QED) is 0.315. The van der Waals surface area contributed by atoms with Gasteiger partial charge in [0.05, 0.1) is 19.1 Å². The molecule has 3 aromatic carbocycles. The van der Waals surface area contributed by atoms with Gasteiger partial charge in [0.15, 0.2) is 11.5 Å². The molecule has 0 aliphatic carbocycles. The summed E-state index contributed by atoms with van der Waals surface area (Å²) in [6, 6.07) is 11.5. The Balaban J connectivity index is 1.59. The van der Waals surface area contributed by atoms with Crippen LogP contribution in [-0.2, 0) is 4.79 Å². The van der Waals surface area contributed by atoms with Crippen molar-refractivity contribution in [3.63, 3.8) is 0 Å². The molecular weight excluding hydrogens is 476 g/mol. The molecule has 1 N–H and O–H groups in total. The summed E-state index contributed by atoms with van der Waals surface area (Å²) in [5.41, 5.74) is 1.72. The van der Waals surface area contributed by atoms with Gasteiger partial charge in [0.1, 0.15) is 28.7 Å². The lowest BCUT2D eigenvalue weighted by atomic mass is 9.84. The predicted octanol–water partition coefficient (Wildman–Crippen LogP) is 5.00. The number of methoxy groups -OCH3 is 1. The molecule has 1 atom stereocenters. The number of hydrogen-bond donors (Lipinski definition) is 1. The van der Waals surface area contributed by atoms with Crippen LogP contribution in [0.15, 0.2) is 57.9 Å². The average Bonchev–Trinajstić information content (AvgIpc) is 3.32. The Labute approximate surface area is 203 Å². The van der Waals surface area contributed by atoms with Crippen LogP contribution in [0.3, 0.4) is 0 Å². The van der Waals surface area contributed by atoms with Crippen molar-refractivity contribution in [1.82, 2.24) is 0 Å². The van der Waals surface area contributed by atoms with Crippen molar-refractivity contribution < 1.29 is 33.3 Å². The van der Waals surface area contributed by atoms with E-state index in [-0.39, 0.29) is 41.2 Å². The summed E-state index contributed by atoms with van der Waals surface area (Å²) < 4.78 is 27.9. The Bertz CT molecular complexity index is 1570. The molecule has 3 heterocycles. The SMILES string of the molecule is COc1cc(C2CC(=O)Oc3cc(O)c4c(=O)c(-c5ccc(Cl)cc5)coc4c32)cc2c1OCO2. The van der Waals surface area contributed by atoms with E-state index in [0.29, 0.717) is 39.0 Å². The maximum atomic E-state index is 13.5. The second kappa shape index (κ2) is 7.95. The van der Waals surface area contributed by atoms with Crippen LogP contribution in [0.4, 0.5) is 0 Å². The number of fused-ring (bicyclic) bond motifs is 4. The van der Waals surface area contributed by atoms with Gasteiger partial charge in [0, 0.05) is 22.6 Å². The van der Waals surface area contributed by atoms with Crippen LogP contribution in [0.5, 0.6) is 28.7 Å². The lowest BCUT2D eigenvalue weighted by molar-refractivity contribution is -0.135. The molecule has 0 bridgehead atoms. The maximum Gasteiger partial charge on any atom is 0.312 e. The van der Waals surface area contributed by atoms with Crippen molar-refractivity contribution in [2.75, 3.05) is 13.9 Å². The molecule has 1 aromatic heterocycles. The van der Waals surface area contributed by atoms with Crippen LogP contribution >= 0.6 is 11.6 Å². The second-order valence-electron chi connectivity index (χ2n) is 8.18. The smallest absolute Gasteiger partial charge is 0.312 e. The summed E-state index contributed by atoms with van der Waals surface area (Å²) in [7, 11) is 1.51. The summed E-state index contributed by atoms with van der Waals surface area (Å²) in [6.45, 7) is 0.0532. The fraction of sp³-hybridized carbons (Fsp3) is 0.154. The number of halogens is 1. The number of carbonyl (C=O) groups excluding carboxylic acids is 1. The Hall–Kier alpha value is -4.17. The summed E-state index contributed by atoms with van der Waals surface area (Å²) in [5.74, 6) is 0.139. The van der Waals surface area contributed by atoms with Crippen molar-refractivity contribution in [2.45, 2.75) is 12.3 Å². The zero-order chi connectivity index (χ0) is 24.3. The summed E-state index contributed by atoms with van der Waals surface area (Å²) in [4.78, 5) is 25.9. The van der Waals surface area contributed by atoms with Gasteiger partial charge in [0.2, 0.25) is 18.0 Å². The van der Waals surface area contributed by atoms with Gasteiger partial charge in [-0.2, -0.15) is 0 Å². The van der Waals surface area contributed by atoms with E-state index in [1.807, 2.05) is 0 Å². The van der Waals surface area contributed by atoms with E-state index in [2.05, 4.69) is 0 Å². The first-order valence-corrected chi connectivity index (χ1v) is 11.1. The number of benzene rings is 3. The molecule has 4 aromatic rings. The average molecular weight is 493 g/mol. The fourth-order valence-corrected chi connectivity index (χ4v) is 4.72. The van der Waals surface area contributed by atoms with Crippen molar-refractivity contribution in [2.24, 2.45) is 0 Å². The molecule has 0 saturated heterocycles. The molecule has 176 valence electrons. The van der Waals surface area contributed by atoms with Crippen LogP contribution in [-0.4, -0.2) is 25.0 Å². The summed E-state index contributed by atoms with van der Waals surface area (Å²) in [6.07, 6.45) is 1.32. The van der Waals surface area contributed by atoms with Crippen molar-refractivity contribution in [3.8, 4) is 39.9 Å². The number of aromatic hydroxyl groups is 1. The van der Waals surface area contributed by atoms with Gasteiger partial charge in [0.25, 0.3) is 0 Å². The molecule has 35 heavy (non-hydrogen) atoms. The third-order valence-electron chi connectivity index (χ3n) is 6.21. The molecular formula is C26H17ClO8. The second-order valence-corrected chi connectivity index (χ2v) is 8.62. The first-order chi connectivity index (χ1) is 16.9. The number of ether oxygens (including phenoxy) is 4. The monoisotopic (exact) mass is 492 g/mol. The molecule has 8 nitrogen and oxygen atoms in total. The molecule has 0 fully saturated rings. The van der Waals surface area contributed by atoms with Crippen LogP contribution in [0.25, 0.3) is 22.1 Å². The summed E-state index contributed by atoms with van der Waals surface area (Å²) >= 11 is 5.97. The van der Waals surface area contributed by atoms with Crippen molar-refractivity contribution in [1.29, 1.82) is 0 Å². The highest BCUT2D eigenvalue weighted by Crippen LogP contribution is 2.49. The van der Waals surface area contributed by atoms with Crippen molar-refractivity contribution >= 4 is 28.5 Å². The topological polar surface area (TPSA) is 104 Å². The predicted molar refractivity (Wildman–Crippen MR) is 126 cm³/mol. The highest BCUT2D eigenvalue weighted by Gasteiger charge is 2.35. The Morgan fingerprint density at radius 3 is 2.63 bits per heavy atom. The van der Waals surface area contributed by atoms with E-state index in [9.17, 15) is 14.7 Å². The van der Waals surface area contributed by atoms with E-state index in [1.54, 1.807) is 36.4 Å². The first-order valence-electron chi connectivity index (χ1n) is 10.7. The van der Waals surface area contributed by atoms with Gasteiger partial charge in [-0.25, -0.2) is 0 Å². The van der Waals surface area contributed by atoms with Crippen LogP contribution in [0, 0.1) is 0 Å². The van der Waals surface area contributed by atoms with Gasteiger partial charge in [-0.3, -0.25) is 9.59 Å². The molecule has 1 unspecified atom stereocenters. The first kappa shape index (κ1) is 21.4. The van der Waals surface area contributed by atoms with Gasteiger partial charge in [-0.1, -0.05) is 23.7 Å². The zero-order valence-corrected chi connectivity index (χ0v) is 19.0. The number of esters is 1. The molecule has 2 aliphatic rings. The van der Waals surface area contributed by atoms with Crippen LogP contribution < -0.4 is 24.4 Å². The minimum atomic E-state index is -0.553. The maximum absolute atomic E-state index is 13.5. The van der Waals surface area contributed by atoms with E-state index in [0.717, 1.165) is 0 Å². The number of phenolic OH excluding ortho intramolecular Hbond substituents is 1. The largest absolute Gasteiger partial charge is 0.507 e. The van der Waals surface area contributed by atoms with Gasteiger partial charge in [-0.05, 0) is 35.4 Å². The molecule has 0 saturated carbocycles.